The Hall–Kier alpha value is -3.26. The van der Waals surface area contributed by atoms with E-state index >= 15 is 0 Å². The Morgan fingerprint density at radius 3 is 2.72 bits per heavy atom. The first-order chi connectivity index (χ1) is 15.3. The quantitative estimate of drug-likeness (QED) is 0.595. The third kappa shape index (κ3) is 4.65. The van der Waals surface area contributed by atoms with Crippen LogP contribution in [0.1, 0.15) is 46.0 Å². The number of nitrogens with one attached hydrogen (secondary N) is 1. The van der Waals surface area contributed by atoms with Gasteiger partial charge < -0.3 is 9.84 Å². The van der Waals surface area contributed by atoms with Crippen LogP contribution in [-0.2, 0) is 4.79 Å². The highest BCUT2D eigenvalue weighted by atomic mass is 16.5. The number of amides is 1. The average molecular weight is 436 g/mol. The van der Waals surface area contributed by atoms with Crippen LogP contribution in [0.15, 0.2) is 34.9 Å². The van der Waals surface area contributed by atoms with E-state index in [0.717, 1.165) is 42.2 Å². The molecule has 0 aromatic carbocycles. The number of nitrogens with zero attached hydrogens (tertiary/aromatic N) is 4. The van der Waals surface area contributed by atoms with Gasteiger partial charge in [-0.2, -0.15) is 0 Å². The fraction of sp³-hybridized carbons (Fsp3) is 0.417. The van der Waals surface area contributed by atoms with E-state index in [4.69, 9.17) is 4.52 Å². The van der Waals surface area contributed by atoms with Crippen molar-refractivity contribution in [2.24, 2.45) is 5.92 Å². The number of anilines is 1. The molecule has 1 atom stereocenters. The molecule has 0 aliphatic carbocycles. The number of pyridine rings is 1. The Morgan fingerprint density at radius 1 is 1.19 bits per heavy atom. The molecule has 0 bridgehead atoms. The summed E-state index contributed by atoms with van der Waals surface area (Å²) in [5.41, 5.74) is 3.31. The molecular formula is C24H29N5O3. The first-order valence-electron chi connectivity index (χ1n) is 10.9. The van der Waals surface area contributed by atoms with Gasteiger partial charge in [0.2, 0.25) is 5.91 Å². The summed E-state index contributed by atoms with van der Waals surface area (Å²) in [5, 5.41) is 7.00. The predicted octanol–water partition coefficient (Wildman–Crippen LogP) is 3.63. The van der Waals surface area contributed by atoms with Gasteiger partial charge in [-0.05, 0) is 65.3 Å². The van der Waals surface area contributed by atoms with Crippen molar-refractivity contribution in [3.63, 3.8) is 0 Å². The molecule has 0 spiro atoms. The van der Waals surface area contributed by atoms with Crippen molar-refractivity contribution in [3.8, 4) is 5.82 Å². The van der Waals surface area contributed by atoms with Gasteiger partial charge in [-0.15, -0.1) is 0 Å². The number of likely N-dealkylation sites (tertiary alicyclic amines) is 1. The third-order valence-corrected chi connectivity index (χ3v) is 5.96. The number of aryl methyl sites for hydroxylation is 3. The third-order valence-electron chi connectivity index (χ3n) is 5.96. The SMILES string of the molecule is Cc1cccc(NC(=O)C2CCCN(CC(=O)c3cc(C)n(-c4cc(C)on4)c3C)C2)n1. The summed E-state index contributed by atoms with van der Waals surface area (Å²) in [6.07, 6.45) is 1.69. The first kappa shape index (κ1) is 22.0. The van der Waals surface area contributed by atoms with Crippen molar-refractivity contribution in [3.05, 3.63) is 58.7 Å². The molecule has 8 nitrogen and oxygen atoms in total. The van der Waals surface area contributed by atoms with Crippen molar-refractivity contribution in [2.75, 3.05) is 25.0 Å². The van der Waals surface area contributed by atoms with Crippen molar-refractivity contribution in [1.29, 1.82) is 0 Å². The Balaban J connectivity index is 1.42. The Bertz CT molecular complexity index is 1150. The van der Waals surface area contributed by atoms with Gasteiger partial charge in [0.1, 0.15) is 11.6 Å². The van der Waals surface area contributed by atoms with Crippen LogP contribution < -0.4 is 5.32 Å². The number of piperidine rings is 1. The molecular weight excluding hydrogens is 406 g/mol. The standard InChI is InChI=1S/C24H29N5O3/c1-15-7-5-9-22(25-15)26-24(31)19-8-6-10-28(13-19)14-21(30)20-11-16(2)29(18(20)4)23-12-17(3)32-27-23/h5,7,9,11-12,19H,6,8,10,13-14H2,1-4H3,(H,25,26,31). The molecule has 3 aromatic heterocycles. The van der Waals surface area contributed by atoms with Gasteiger partial charge >= 0.3 is 0 Å². The number of hydrogen-bond acceptors (Lipinski definition) is 6. The Kier molecular flexibility index (Phi) is 6.23. The zero-order valence-electron chi connectivity index (χ0n) is 19.0. The molecule has 1 N–H and O–H groups in total. The molecule has 168 valence electrons. The number of Topliss-reactive ketones (excluding diaryl/α,β-unsaturated/α-hetero) is 1. The normalized spacial score (nSPS) is 16.8. The van der Waals surface area contributed by atoms with E-state index < -0.39 is 0 Å². The summed E-state index contributed by atoms with van der Waals surface area (Å²) in [7, 11) is 0. The first-order valence-corrected chi connectivity index (χ1v) is 10.9. The number of hydrogen-bond donors (Lipinski definition) is 1. The van der Waals surface area contributed by atoms with Crippen LogP contribution in [0.4, 0.5) is 5.82 Å². The van der Waals surface area contributed by atoms with E-state index in [2.05, 4.69) is 20.4 Å². The smallest absolute Gasteiger partial charge is 0.229 e. The lowest BCUT2D eigenvalue weighted by Gasteiger charge is -2.31. The Labute approximate surface area is 187 Å². The Morgan fingerprint density at radius 2 is 2.00 bits per heavy atom. The highest BCUT2D eigenvalue weighted by Gasteiger charge is 2.28. The highest BCUT2D eigenvalue weighted by molar-refractivity contribution is 5.99. The van der Waals surface area contributed by atoms with Crippen LogP contribution in [0, 0.1) is 33.6 Å². The maximum Gasteiger partial charge on any atom is 0.229 e. The van der Waals surface area contributed by atoms with Crippen LogP contribution in [0.5, 0.6) is 0 Å². The lowest BCUT2D eigenvalue weighted by Crippen LogP contribution is -2.43. The molecule has 3 aromatic rings. The van der Waals surface area contributed by atoms with Gasteiger partial charge in [-0.25, -0.2) is 4.98 Å². The second kappa shape index (κ2) is 9.08. The minimum absolute atomic E-state index is 0.0418. The van der Waals surface area contributed by atoms with Crippen molar-refractivity contribution in [1.82, 2.24) is 19.6 Å². The average Bonchev–Trinajstić information content (AvgIpc) is 3.30. The fourth-order valence-corrected chi connectivity index (χ4v) is 4.40. The van der Waals surface area contributed by atoms with Gasteiger partial charge in [0.05, 0.1) is 12.5 Å². The van der Waals surface area contributed by atoms with Crippen LogP contribution in [0.2, 0.25) is 0 Å². The van der Waals surface area contributed by atoms with E-state index in [1.807, 2.05) is 56.5 Å². The zero-order chi connectivity index (χ0) is 22.8. The molecule has 8 heteroatoms. The molecule has 0 radical (unpaired) electrons. The zero-order valence-corrected chi connectivity index (χ0v) is 19.0. The van der Waals surface area contributed by atoms with Crippen LogP contribution in [0.25, 0.3) is 5.82 Å². The molecule has 4 heterocycles. The summed E-state index contributed by atoms with van der Waals surface area (Å²) in [5.74, 6) is 1.81. The number of rotatable bonds is 6. The monoisotopic (exact) mass is 435 g/mol. The van der Waals surface area contributed by atoms with Crippen LogP contribution in [0.3, 0.4) is 0 Å². The number of carbonyl (C=O) groups excluding carboxylic acids is 2. The van der Waals surface area contributed by atoms with Gasteiger partial charge in [0.15, 0.2) is 11.6 Å². The lowest BCUT2D eigenvalue weighted by atomic mass is 9.96. The fourth-order valence-electron chi connectivity index (χ4n) is 4.40. The lowest BCUT2D eigenvalue weighted by molar-refractivity contribution is -0.121. The molecule has 0 saturated carbocycles. The van der Waals surface area contributed by atoms with Crippen LogP contribution in [-0.4, -0.2) is 50.9 Å². The highest BCUT2D eigenvalue weighted by Crippen LogP contribution is 2.23. The van der Waals surface area contributed by atoms with Crippen molar-refractivity contribution in [2.45, 2.75) is 40.5 Å². The molecule has 32 heavy (non-hydrogen) atoms. The van der Waals surface area contributed by atoms with Gasteiger partial charge in [0.25, 0.3) is 0 Å². The number of aromatic nitrogens is 3. The summed E-state index contributed by atoms with van der Waals surface area (Å²) in [6.45, 7) is 9.26. The maximum absolute atomic E-state index is 13.1. The minimum atomic E-state index is -0.163. The van der Waals surface area contributed by atoms with Crippen molar-refractivity contribution < 1.29 is 14.1 Å². The topological polar surface area (TPSA) is 93.3 Å². The molecule has 1 aliphatic heterocycles. The summed E-state index contributed by atoms with van der Waals surface area (Å²) < 4.78 is 7.13. The minimum Gasteiger partial charge on any atom is -0.360 e. The van der Waals surface area contributed by atoms with E-state index in [0.29, 0.717) is 23.7 Å². The molecule has 1 amide bonds. The predicted molar refractivity (Wildman–Crippen MR) is 121 cm³/mol. The molecule has 1 saturated heterocycles. The maximum atomic E-state index is 13.1. The van der Waals surface area contributed by atoms with E-state index in [9.17, 15) is 9.59 Å². The summed E-state index contributed by atoms with van der Waals surface area (Å²) in [4.78, 5) is 32.3. The summed E-state index contributed by atoms with van der Waals surface area (Å²) in [6, 6.07) is 9.32. The largest absolute Gasteiger partial charge is 0.360 e. The second-order valence-electron chi connectivity index (χ2n) is 8.57. The van der Waals surface area contributed by atoms with Crippen LogP contribution >= 0.6 is 0 Å². The second-order valence-corrected chi connectivity index (χ2v) is 8.57. The van der Waals surface area contributed by atoms with E-state index in [-0.39, 0.29) is 24.2 Å². The van der Waals surface area contributed by atoms with Gasteiger partial charge in [-0.1, -0.05) is 11.2 Å². The number of carbonyl (C=O) groups is 2. The van der Waals surface area contributed by atoms with Gasteiger partial charge in [0, 0.05) is 35.3 Å². The van der Waals surface area contributed by atoms with E-state index in [1.54, 1.807) is 6.07 Å². The number of ketones is 1. The molecule has 4 rings (SSSR count). The van der Waals surface area contributed by atoms with Crippen molar-refractivity contribution >= 4 is 17.5 Å². The van der Waals surface area contributed by atoms with Gasteiger partial charge in [-0.3, -0.25) is 19.1 Å². The molecule has 1 aliphatic rings. The van der Waals surface area contributed by atoms with E-state index in [1.165, 1.54) is 0 Å². The molecule has 1 unspecified atom stereocenters. The molecule has 1 fully saturated rings. The summed E-state index contributed by atoms with van der Waals surface area (Å²) >= 11 is 0.